The molecule has 1 N–H and O–H groups in total. The van der Waals surface area contributed by atoms with E-state index in [9.17, 15) is 18.5 Å². The second-order valence-electron chi connectivity index (χ2n) is 6.72. The molecule has 2 aromatic carbocycles. The molecule has 3 aromatic rings. The number of nitrogens with zero attached hydrogens (tertiary/aromatic N) is 2. The molecule has 1 heterocycles. The molecule has 3 rings (SSSR count). The number of halogens is 1. The summed E-state index contributed by atoms with van der Waals surface area (Å²) in [5.74, 6) is -0.816. The summed E-state index contributed by atoms with van der Waals surface area (Å²) < 4.78 is 28.7. The van der Waals surface area contributed by atoms with Crippen LogP contribution >= 0.6 is 11.6 Å². The van der Waals surface area contributed by atoms with E-state index in [1.54, 1.807) is 25.1 Å². The molecule has 0 unspecified atom stereocenters. The fraction of sp³-hybridized carbons (Fsp3) is 0.190. The van der Waals surface area contributed by atoms with Gasteiger partial charge >= 0.3 is 5.97 Å². The number of carbonyl (C=O) groups is 1. The summed E-state index contributed by atoms with van der Waals surface area (Å²) in [6.07, 6.45) is 1.46. The summed E-state index contributed by atoms with van der Waals surface area (Å²) in [5.41, 5.74) is 2.64. The lowest BCUT2D eigenvalue weighted by molar-refractivity contribution is -0.139. The summed E-state index contributed by atoms with van der Waals surface area (Å²) in [5, 5.41) is 19.4. The average Bonchev–Trinajstić information content (AvgIpc) is 2.69. The number of ether oxygens (including phenoxy) is 1. The van der Waals surface area contributed by atoms with Gasteiger partial charge in [-0.2, -0.15) is 5.26 Å². The van der Waals surface area contributed by atoms with Gasteiger partial charge in [0.2, 0.25) is 0 Å². The van der Waals surface area contributed by atoms with Crippen molar-refractivity contribution in [3.63, 3.8) is 0 Å². The Labute approximate surface area is 178 Å². The van der Waals surface area contributed by atoms with Gasteiger partial charge in [-0.05, 0) is 47.9 Å². The van der Waals surface area contributed by atoms with Gasteiger partial charge in [0.15, 0.2) is 16.4 Å². The number of nitriles is 1. The first-order chi connectivity index (χ1) is 14.1. The van der Waals surface area contributed by atoms with Crippen LogP contribution in [0.2, 0.25) is 5.02 Å². The highest BCUT2D eigenvalue weighted by Crippen LogP contribution is 2.36. The summed E-state index contributed by atoms with van der Waals surface area (Å²) in [7, 11) is -3.31. The van der Waals surface area contributed by atoms with Crippen molar-refractivity contribution in [2.75, 3.05) is 12.9 Å². The number of pyridine rings is 1. The van der Waals surface area contributed by atoms with Crippen LogP contribution in [0.5, 0.6) is 5.75 Å². The topological polar surface area (TPSA) is 117 Å². The zero-order chi connectivity index (χ0) is 22.1. The van der Waals surface area contributed by atoms with Crippen LogP contribution in [-0.2, 0) is 21.1 Å². The quantitative estimate of drug-likeness (QED) is 0.617. The first-order valence-corrected chi connectivity index (χ1v) is 11.0. The van der Waals surface area contributed by atoms with Gasteiger partial charge in [0.1, 0.15) is 17.5 Å². The van der Waals surface area contributed by atoms with Crippen molar-refractivity contribution in [1.29, 1.82) is 5.26 Å². The van der Waals surface area contributed by atoms with Crippen molar-refractivity contribution in [2.45, 2.75) is 18.2 Å². The lowest BCUT2D eigenvalue weighted by atomic mass is 9.95. The third kappa shape index (κ3) is 4.37. The van der Waals surface area contributed by atoms with E-state index in [4.69, 9.17) is 21.4 Å². The molecule has 0 atom stereocenters. The number of carboxylic acid groups (broad SMARTS) is 1. The van der Waals surface area contributed by atoms with Crippen LogP contribution in [0, 0.1) is 18.3 Å². The molecule has 0 saturated heterocycles. The lowest BCUT2D eigenvalue weighted by Gasteiger charge is -2.15. The van der Waals surface area contributed by atoms with Crippen molar-refractivity contribution in [3.8, 4) is 11.8 Å². The Morgan fingerprint density at radius 2 is 1.90 bits per heavy atom. The molecule has 0 saturated carbocycles. The number of hydrogen-bond acceptors (Lipinski definition) is 6. The fourth-order valence-corrected chi connectivity index (χ4v) is 3.98. The number of fused-ring (bicyclic) bond motifs is 1. The zero-order valence-corrected chi connectivity index (χ0v) is 17.7. The number of sulfone groups is 1. The molecule has 0 bridgehead atoms. The molecule has 1 aromatic heterocycles. The predicted molar refractivity (Wildman–Crippen MR) is 112 cm³/mol. The maximum Gasteiger partial charge on any atom is 0.341 e. The van der Waals surface area contributed by atoms with Crippen LogP contribution in [0.4, 0.5) is 0 Å². The Morgan fingerprint density at radius 1 is 1.23 bits per heavy atom. The standard InChI is InChI=1S/C21H17ClN2O5S/c1-12-15(9-13-3-5-14(6-4-13)30(2,27)28)17(10-23)24-21-16(22)7-8-18(20(12)21)29-11-19(25)26/h3-8H,9,11H2,1-2H3,(H,25,26). The highest BCUT2D eigenvalue weighted by Gasteiger charge is 2.19. The number of carboxylic acids is 1. The number of benzene rings is 2. The molecular weight excluding hydrogens is 428 g/mol. The smallest absolute Gasteiger partial charge is 0.341 e. The summed E-state index contributed by atoms with van der Waals surface area (Å²) in [6.45, 7) is 1.26. The Kier molecular flexibility index (Phi) is 5.97. The minimum atomic E-state index is -3.31. The van der Waals surface area contributed by atoms with Crippen molar-refractivity contribution in [1.82, 2.24) is 4.98 Å². The normalized spacial score (nSPS) is 11.3. The van der Waals surface area contributed by atoms with Gasteiger partial charge in [0.05, 0.1) is 15.4 Å². The van der Waals surface area contributed by atoms with E-state index < -0.39 is 22.4 Å². The number of aromatic nitrogens is 1. The molecule has 0 radical (unpaired) electrons. The molecule has 0 aliphatic heterocycles. The highest BCUT2D eigenvalue weighted by molar-refractivity contribution is 7.90. The van der Waals surface area contributed by atoms with Gasteiger partial charge in [-0.25, -0.2) is 18.2 Å². The Hall–Kier alpha value is -3.15. The zero-order valence-electron chi connectivity index (χ0n) is 16.1. The molecule has 9 heteroatoms. The molecule has 0 amide bonds. The molecule has 0 fully saturated rings. The van der Waals surface area contributed by atoms with Gasteiger partial charge < -0.3 is 9.84 Å². The van der Waals surface area contributed by atoms with Crippen molar-refractivity contribution in [3.05, 3.63) is 63.8 Å². The molecule has 154 valence electrons. The third-order valence-electron chi connectivity index (χ3n) is 4.62. The van der Waals surface area contributed by atoms with Gasteiger partial charge in [-0.15, -0.1) is 0 Å². The van der Waals surface area contributed by atoms with E-state index in [2.05, 4.69) is 11.1 Å². The Morgan fingerprint density at radius 3 is 2.47 bits per heavy atom. The number of rotatable bonds is 6. The van der Waals surface area contributed by atoms with Gasteiger partial charge in [0.25, 0.3) is 0 Å². The summed E-state index contributed by atoms with van der Waals surface area (Å²) in [6, 6.07) is 11.6. The molecule has 0 spiro atoms. The minimum Gasteiger partial charge on any atom is -0.481 e. The molecular formula is C21H17ClN2O5S. The van der Waals surface area contributed by atoms with E-state index in [0.717, 1.165) is 11.8 Å². The Balaban J connectivity index is 2.14. The van der Waals surface area contributed by atoms with E-state index in [-0.39, 0.29) is 10.6 Å². The van der Waals surface area contributed by atoms with Crippen LogP contribution in [-0.4, -0.2) is 37.3 Å². The molecule has 30 heavy (non-hydrogen) atoms. The van der Waals surface area contributed by atoms with E-state index in [1.807, 2.05) is 0 Å². The number of hydrogen-bond donors (Lipinski definition) is 1. The van der Waals surface area contributed by atoms with Gasteiger partial charge in [-0.3, -0.25) is 0 Å². The van der Waals surface area contributed by atoms with E-state index in [0.29, 0.717) is 39.2 Å². The Bertz CT molecular complexity index is 1300. The largest absolute Gasteiger partial charge is 0.481 e. The van der Waals surface area contributed by atoms with Crippen molar-refractivity contribution in [2.24, 2.45) is 0 Å². The van der Waals surface area contributed by atoms with Crippen molar-refractivity contribution < 1.29 is 23.1 Å². The summed E-state index contributed by atoms with van der Waals surface area (Å²) in [4.78, 5) is 15.5. The van der Waals surface area contributed by atoms with Crippen molar-refractivity contribution >= 4 is 38.3 Å². The first-order valence-electron chi connectivity index (χ1n) is 8.77. The monoisotopic (exact) mass is 444 g/mol. The van der Waals surface area contributed by atoms with Gasteiger partial charge in [-0.1, -0.05) is 23.7 Å². The van der Waals surface area contributed by atoms with E-state index >= 15 is 0 Å². The maximum atomic E-state index is 11.7. The van der Waals surface area contributed by atoms with Crippen LogP contribution in [0.15, 0.2) is 41.3 Å². The second-order valence-corrected chi connectivity index (χ2v) is 9.14. The van der Waals surface area contributed by atoms with Crippen LogP contribution in [0.25, 0.3) is 10.9 Å². The number of aliphatic carboxylic acids is 1. The fourth-order valence-electron chi connectivity index (χ4n) is 3.15. The maximum absolute atomic E-state index is 11.7. The summed E-state index contributed by atoms with van der Waals surface area (Å²) >= 11 is 6.26. The minimum absolute atomic E-state index is 0.185. The van der Waals surface area contributed by atoms with Crippen LogP contribution < -0.4 is 4.74 Å². The molecule has 0 aliphatic rings. The highest BCUT2D eigenvalue weighted by atomic mass is 35.5. The van der Waals surface area contributed by atoms with Gasteiger partial charge in [0, 0.05) is 18.1 Å². The van der Waals surface area contributed by atoms with Crippen LogP contribution in [0.1, 0.15) is 22.4 Å². The lowest BCUT2D eigenvalue weighted by Crippen LogP contribution is -2.10. The second kappa shape index (κ2) is 8.30. The average molecular weight is 445 g/mol. The molecule has 7 nitrogen and oxygen atoms in total. The SMILES string of the molecule is Cc1c(Cc2ccc(S(C)(=O)=O)cc2)c(C#N)nc2c(Cl)ccc(OCC(=O)O)c12. The predicted octanol–water partition coefficient (Wildman–Crippen LogP) is 3.53. The van der Waals surface area contributed by atoms with E-state index in [1.165, 1.54) is 18.2 Å². The third-order valence-corrected chi connectivity index (χ3v) is 6.05. The first kappa shape index (κ1) is 21.6. The number of aryl methyl sites for hydroxylation is 1. The van der Waals surface area contributed by atoms with Crippen LogP contribution in [0.3, 0.4) is 0 Å². The molecule has 0 aliphatic carbocycles.